The van der Waals surface area contributed by atoms with Gasteiger partial charge in [0.1, 0.15) is 6.54 Å². The van der Waals surface area contributed by atoms with E-state index in [0.29, 0.717) is 0 Å². The molecule has 0 aliphatic heterocycles. The van der Waals surface area contributed by atoms with Gasteiger partial charge in [0.25, 0.3) is 0 Å². The summed E-state index contributed by atoms with van der Waals surface area (Å²) in [6.07, 6.45) is 20.2. The minimum Gasteiger partial charge on any atom is -1.00 e. The maximum absolute atomic E-state index is 2.37. The molecule has 0 spiro atoms. The summed E-state index contributed by atoms with van der Waals surface area (Å²) in [5.41, 5.74) is 1.46. The van der Waals surface area contributed by atoms with Crippen LogP contribution in [0.5, 0.6) is 0 Å². The zero-order chi connectivity index (χ0) is 18.9. The van der Waals surface area contributed by atoms with Gasteiger partial charge in [0.15, 0.2) is 0 Å². The zero-order valence-electron chi connectivity index (χ0n) is 18.5. The molecule has 2 heteroatoms. The topological polar surface area (TPSA) is 0 Å². The van der Waals surface area contributed by atoms with Gasteiger partial charge in [-0.15, -0.1) is 0 Å². The standard InChI is InChI=1S/C25H46N.HI/c1-4-5-6-7-8-9-10-11-12-13-14-15-16-20-23-26(2,3)24-25-21-18-17-19-22-25;/h17-19,21-22H,4-16,20,23-24H2,1-3H3;1H/q+1;/p-1. The molecule has 0 fully saturated rings. The van der Waals surface area contributed by atoms with Crippen LogP contribution in [-0.4, -0.2) is 25.1 Å². The van der Waals surface area contributed by atoms with Crippen molar-refractivity contribution in [3.63, 3.8) is 0 Å². The summed E-state index contributed by atoms with van der Waals surface area (Å²) >= 11 is 0. The van der Waals surface area contributed by atoms with Gasteiger partial charge in [0.2, 0.25) is 0 Å². The lowest BCUT2D eigenvalue weighted by molar-refractivity contribution is -0.903. The SMILES string of the molecule is CCCCCCCCCCCCCCCC[N+](C)(C)Cc1ccccc1.[I-]. The quantitative estimate of drug-likeness (QED) is 0.169. The predicted octanol–water partition coefficient (Wildman–Crippen LogP) is 4.75. The lowest BCUT2D eigenvalue weighted by Gasteiger charge is -2.30. The third-order valence-corrected chi connectivity index (χ3v) is 5.57. The molecular formula is C25H46IN. The summed E-state index contributed by atoms with van der Waals surface area (Å²) in [5.74, 6) is 0. The molecule has 1 aromatic rings. The second-order valence-electron chi connectivity index (χ2n) is 8.90. The van der Waals surface area contributed by atoms with Crippen LogP contribution in [0.4, 0.5) is 0 Å². The Morgan fingerprint density at radius 1 is 0.593 bits per heavy atom. The van der Waals surface area contributed by atoms with Gasteiger partial charge >= 0.3 is 0 Å². The molecule has 0 aliphatic carbocycles. The molecule has 0 atom stereocenters. The van der Waals surface area contributed by atoms with E-state index < -0.39 is 0 Å². The Labute approximate surface area is 187 Å². The smallest absolute Gasteiger partial charge is 0.104 e. The molecule has 0 N–H and O–H groups in total. The van der Waals surface area contributed by atoms with Crippen molar-refractivity contribution in [1.82, 2.24) is 0 Å². The molecule has 1 rings (SSSR count). The number of hydrogen-bond acceptors (Lipinski definition) is 0. The molecule has 158 valence electrons. The van der Waals surface area contributed by atoms with Crippen LogP contribution < -0.4 is 24.0 Å². The summed E-state index contributed by atoms with van der Waals surface area (Å²) in [6.45, 7) is 4.75. The van der Waals surface area contributed by atoms with Crippen molar-refractivity contribution in [2.75, 3.05) is 20.6 Å². The minimum atomic E-state index is 0. The normalized spacial score (nSPS) is 11.4. The van der Waals surface area contributed by atoms with Gasteiger partial charge in [-0.05, 0) is 12.8 Å². The van der Waals surface area contributed by atoms with Crippen LogP contribution in [0.1, 0.15) is 102 Å². The Hall–Kier alpha value is -0.0900. The first-order valence-corrected chi connectivity index (χ1v) is 11.5. The van der Waals surface area contributed by atoms with E-state index in [4.69, 9.17) is 0 Å². The van der Waals surface area contributed by atoms with Crippen LogP contribution in [0.25, 0.3) is 0 Å². The van der Waals surface area contributed by atoms with E-state index >= 15 is 0 Å². The van der Waals surface area contributed by atoms with E-state index in [1.165, 1.54) is 102 Å². The number of quaternary nitrogens is 1. The van der Waals surface area contributed by atoms with Crippen molar-refractivity contribution < 1.29 is 28.5 Å². The third kappa shape index (κ3) is 16.6. The summed E-state index contributed by atoms with van der Waals surface area (Å²) in [6, 6.07) is 10.9. The Bertz CT molecular complexity index is 416. The summed E-state index contributed by atoms with van der Waals surface area (Å²) in [7, 11) is 4.74. The maximum atomic E-state index is 2.37. The fourth-order valence-electron chi connectivity index (χ4n) is 3.89. The molecule has 0 unspecified atom stereocenters. The monoisotopic (exact) mass is 487 g/mol. The molecule has 0 saturated heterocycles. The lowest BCUT2D eigenvalue weighted by Crippen LogP contribution is -3.00. The van der Waals surface area contributed by atoms with Crippen molar-refractivity contribution in [3.05, 3.63) is 35.9 Å². The molecular weight excluding hydrogens is 441 g/mol. The number of halogens is 1. The van der Waals surface area contributed by atoms with Gasteiger partial charge in [-0.25, -0.2) is 0 Å². The van der Waals surface area contributed by atoms with Crippen LogP contribution in [0.15, 0.2) is 30.3 Å². The Morgan fingerprint density at radius 3 is 1.44 bits per heavy atom. The van der Waals surface area contributed by atoms with E-state index in [2.05, 4.69) is 51.4 Å². The predicted molar refractivity (Wildman–Crippen MR) is 117 cm³/mol. The van der Waals surface area contributed by atoms with Crippen molar-refractivity contribution >= 4 is 0 Å². The largest absolute Gasteiger partial charge is 1.00 e. The van der Waals surface area contributed by atoms with Crippen LogP contribution in [-0.2, 0) is 6.54 Å². The van der Waals surface area contributed by atoms with E-state index in [-0.39, 0.29) is 24.0 Å². The average Bonchev–Trinajstić information content (AvgIpc) is 2.62. The number of unbranched alkanes of at least 4 members (excludes halogenated alkanes) is 13. The third-order valence-electron chi connectivity index (χ3n) is 5.57. The highest BCUT2D eigenvalue weighted by Crippen LogP contribution is 2.14. The fourth-order valence-corrected chi connectivity index (χ4v) is 3.89. The van der Waals surface area contributed by atoms with E-state index in [9.17, 15) is 0 Å². The van der Waals surface area contributed by atoms with Crippen LogP contribution >= 0.6 is 0 Å². The van der Waals surface area contributed by atoms with Crippen molar-refractivity contribution in [3.8, 4) is 0 Å². The van der Waals surface area contributed by atoms with Gasteiger partial charge in [-0.2, -0.15) is 0 Å². The van der Waals surface area contributed by atoms with Gasteiger partial charge < -0.3 is 28.5 Å². The Kier molecular flexibility index (Phi) is 17.9. The molecule has 0 heterocycles. The second-order valence-corrected chi connectivity index (χ2v) is 8.90. The maximum Gasteiger partial charge on any atom is 0.104 e. The summed E-state index contributed by atoms with van der Waals surface area (Å²) < 4.78 is 1.11. The summed E-state index contributed by atoms with van der Waals surface area (Å²) in [4.78, 5) is 0. The van der Waals surface area contributed by atoms with Gasteiger partial charge in [-0.3, -0.25) is 0 Å². The van der Waals surface area contributed by atoms with Gasteiger partial charge in [0, 0.05) is 5.56 Å². The van der Waals surface area contributed by atoms with Crippen molar-refractivity contribution in [1.29, 1.82) is 0 Å². The second kappa shape index (κ2) is 18.0. The summed E-state index contributed by atoms with van der Waals surface area (Å²) in [5, 5.41) is 0. The lowest BCUT2D eigenvalue weighted by atomic mass is 10.0. The molecule has 0 saturated carbocycles. The van der Waals surface area contributed by atoms with E-state index in [0.717, 1.165) is 11.0 Å². The average molecular weight is 488 g/mol. The molecule has 0 radical (unpaired) electrons. The zero-order valence-corrected chi connectivity index (χ0v) is 20.7. The molecule has 1 aromatic carbocycles. The van der Waals surface area contributed by atoms with Crippen LogP contribution in [0.3, 0.4) is 0 Å². The number of hydrogen-bond donors (Lipinski definition) is 0. The minimum absolute atomic E-state index is 0. The molecule has 0 bridgehead atoms. The fraction of sp³-hybridized carbons (Fsp3) is 0.760. The molecule has 27 heavy (non-hydrogen) atoms. The first kappa shape index (κ1) is 26.9. The Morgan fingerprint density at radius 2 is 1.00 bits per heavy atom. The first-order valence-electron chi connectivity index (χ1n) is 11.5. The van der Waals surface area contributed by atoms with Gasteiger partial charge in [0.05, 0.1) is 20.6 Å². The highest BCUT2D eigenvalue weighted by atomic mass is 127. The van der Waals surface area contributed by atoms with Crippen LogP contribution in [0.2, 0.25) is 0 Å². The van der Waals surface area contributed by atoms with E-state index in [1.807, 2.05) is 0 Å². The number of benzene rings is 1. The van der Waals surface area contributed by atoms with Crippen LogP contribution in [0, 0.1) is 0 Å². The number of rotatable bonds is 17. The Balaban J connectivity index is 0.00000676. The molecule has 0 aromatic heterocycles. The van der Waals surface area contributed by atoms with Crippen molar-refractivity contribution in [2.24, 2.45) is 0 Å². The van der Waals surface area contributed by atoms with Gasteiger partial charge in [-0.1, -0.05) is 114 Å². The highest BCUT2D eigenvalue weighted by Gasteiger charge is 2.14. The van der Waals surface area contributed by atoms with E-state index in [1.54, 1.807) is 0 Å². The number of nitrogens with zero attached hydrogens (tertiary/aromatic N) is 1. The van der Waals surface area contributed by atoms with Crippen molar-refractivity contribution in [2.45, 2.75) is 103 Å². The highest BCUT2D eigenvalue weighted by molar-refractivity contribution is 5.13. The molecule has 0 amide bonds. The first-order chi connectivity index (χ1) is 12.6. The molecule has 0 aliphatic rings. The molecule has 1 nitrogen and oxygen atoms in total.